The van der Waals surface area contributed by atoms with E-state index in [0.29, 0.717) is 0 Å². The van der Waals surface area contributed by atoms with Crippen LogP contribution in [0.1, 0.15) is 22.3 Å². The summed E-state index contributed by atoms with van der Waals surface area (Å²) in [6.07, 6.45) is 0. The lowest BCUT2D eigenvalue weighted by molar-refractivity contribution is 0.768. The molecule has 266 valence electrons. The SMILES string of the molecule is c1ccc(-c2cc(-c3ccccc3)c3ccc(-c4ccc5ccc(-c6cccc7c6-c6ccccc6C7(c6ccccc6)c6ccccc6)cc5c4)cc3n2)cc1. The van der Waals surface area contributed by atoms with Crippen molar-refractivity contribution < 1.29 is 0 Å². The van der Waals surface area contributed by atoms with Gasteiger partial charge in [-0.2, -0.15) is 0 Å². The van der Waals surface area contributed by atoms with Gasteiger partial charge in [-0.1, -0.05) is 200 Å². The van der Waals surface area contributed by atoms with Crippen LogP contribution < -0.4 is 0 Å². The van der Waals surface area contributed by atoms with E-state index in [2.05, 4.69) is 224 Å². The average Bonchev–Trinajstić information content (AvgIpc) is 3.60. The highest BCUT2D eigenvalue weighted by molar-refractivity contribution is 6.01. The van der Waals surface area contributed by atoms with Gasteiger partial charge < -0.3 is 0 Å². The third kappa shape index (κ3) is 5.35. The van der Waals surface area contributed by atoms with Gasteiger partial charge in [-0.15, -0.1) is 0 Å². The normalized spacial score (nSPS) is 12.7. The van der Waals surface area contributed by atoms with Crippen LogP contribution in [-0.4, -0.2) is 4.98 Å². The minimum atomic E-state index is -0.431. The summed E-state index contributed by atoms with van der Waals surface area (Å²) in [5, 5.41) is 3.57. The Hall–Kier alpha value is -7.35. The summed E-state index contributed by atoms with van der Waals surface area (Å²) in [5.41, 5.74) is 17.6. The molecule has 0 spiro atoms. The van der Waals surface area contributed by atoms with Gasteiger partial charge in [-0.3, -0.25) is 0 Å². The van der Waals surface area contributed by atoms with Crippen molar-refractivity contribution >= 4 is 21.7 Å². The average molecular weight is 724 g/mol. The molecule has 1 nitrogen and oxygen atoms in total. The molecule has 57 heavy (non-hydrogen) atoms. The zero-order chi connectivity index (χ0) is 37.8. The third-order valence-electron chi connectivity index (χ3n) is 11.9. The van der Waals surface area contributed by atoms with Crippen molar-refractivity contribution in [2.45, 2.75) is 5.41 Å². The molecule has 9 aromatic carbocycles. The van der Waals surface area contributed by atoms with E-state index < -0.39 is 5.41 Å². The van der Waals surface area contributed by atoms with E-state index in [1.54, 1.807) is 0 Å². The maximum Gasteiger partial charge on any atom is 0.0721 e. The van der Waals surface area contributed by atoms with Crippen molar-refractivity contribution in [3.63, 3.8) is 0 Å². The van der Waals surface area contributed by atoms with Crippen LogP contribution in [-0.2, 0) is 5.41 Å². The van der Waals surface area contributed by atoms with Gasteiger partial charge in [0.15, 0.2) is 0 Å². The maximum atomic E-state index is 5.24. The first kappa shape index (κ1) is 33.0. The fourth-order valence-electron chi connectivity index (χ4n) is 9.35. The largest absolute Gasteiger partial charge is 0.248 e. The number of rotatable bonds is 6. The molecular formula is C56H37N. The number of pyridine rings is 1. The Bertz CT molecular complexity index is 3060. The maximum absolute atomic E-state index is 5.24. The van der Waals surface area contributed by atoms with Crippen LogP contribution in [0.5, 0.6) is 0 Å². The minimum Gasteiger partial charge on any atom is -0.248 e. The van der Waals surface area contributed by atoms with Gasteiger partial charge in [0, 0.05) is 10.9 Å². The molecule has 0 fully saturated rings. The van der Waals surface area contributed by atoms with Crippen LogP contribution in [0.2, 0.25) is 0 Å². The first-order valence-corrected chi connectivity index (χ1v) is 19.7. The van der Waals surface area contributed by atoms with E-state index in [9.17, 15) is 0 Å². The summed E-state index contributed by atoms with van der Waals surface area (Å²) >= 11 is 0. The predicted molar refractivity (Wildman–Crippen MR) is 238 cm³/mol. The number of nitrogens with zero attached hydrogens (tertiary/aromatic N) is 1. The lowest BCUT2D eigenvalue weighted by atomic mass is 9.67. The van der Waals surface area contributed by atoms with Crippen LogP contribution in [0.4, 0.5) is 0 Å². The minimum absolute atomic E-state index is 0.431. The second-order valence-electron chi connectivity index (χ2n) is 15.1. The lowest BCUT2D eigenvalue weighted by Gasteiger charge is -2.34. The van der Waals surface area contributed by atoms with Gasteiger partial charge in [0.05, 0.1) is 16.6 Å². The van der Waals surface area contributed by atoms with Crippen LogP contribution in [0.15, 0.2) is 224 Å². The van der Waals surface area contributed by atoms with E-state index >= 15 is 0 Å². The fraction of sp³-hybridized carbons (Fsp3) is 0.0179. The van der Waals surface area contributed by atoms with E-state index in [1.165, 1.54) is 72.0 Å². The monoisotopic (exact) mass is 723 g/mol. The first-order valence-electron chi connectivity index (χ1n) is 19.7. The van der Waals surface area contributed by atoms with Crippen molar-refractivity contribution in [1.29, 1.82) is 0 Å². The Balaban J connectivity index is 1.06. The molecule has 0 N–H and O–H groups in total. The summed E-state index contributed by atoms with van der Waals surface area (Å²) in [6.45, 7) is 0. The molecule has 1 heteroatoms. The van der Waals surface area contributed by atoms with Crippen molar-refractivity contribution in [2.24, 2.45) is 0 Å². The summed E-state index contributed by atoms with van der Waals surface area (Å²) < 4.78 is 0. The summed E-state index contributed by atoms with van der Waals surface area (Å²) in [5.74, 6) is 0. The fourth-order valence-corrected chi connectivity index (χ4v) is 9.35. The first-order chi connectivity index (χ1) is 28.3. The topological polar surface area (TPSA) is 12.9 Å². The molecule has 0 saturated heterocycles. The van der Waals surface area contributed by atoms with Gasteiger partial charge >= 0.3 is 0 Å². The van der Waals surface area contributed by atoms with E-state index in [4.69, 9.17) is 4.98 Å². The highest BCUT2D eigenvalue weighted by Crippen LogP contribution is 2.58. The van der Waals surface area contributed by atoms with Crippen LogP contribution in [0.3, 0.4) is 0 Å². The molecule has 0 bridgehead atoms. The molecule has 0 saturated carbocycles. The number of fused-ring (bicyclic) bond motifs is 5. The zero-order valence-corrected chi connectivity index (χ0v) is 31.3. The molecule has 1 aliphatic carbocycles. The Morgan fingerprint density at radius 1 is 0.316 bits per heavy atom. The molecular weight excluding hydrogens is 687 g/mol. The van der Waals surface area contributed by atoms with Gasteiger partial charge in [0.1, 0.15) is 0 Å². The lowest BCUT2D eigenvalue weighted by Crippen LogP contribution is -2.28. The van der Waals surface area contributed by atoms with Crippen molar-refractivity contribution in [1.82, 2.24) is 4.98 Å². The standard InChI is InChI=1S/C56H37N/c1-5-16-39(17-6-1)50-37-53(40-18-7-2-8-19-40)57-54-36-42(32-33-48(50)54)41-30-28-38-29-31-43(35-44(38)34-41)47-25-15-27-52-55(47)49-24-13-14-26-51(49)56(52,45-20-9-3-10-21-45)46-22-11-4-12-23-46/h1-37H. The summed E-state index contributed by atoms with van der Waals surface area (Å²) in [7, 11) is 0. The zero-order valence-electron chi connectivity index (χ0n) is 31.3. The van der Waals surface area contributed by atoms with Crippen LogP contribution in [0.25, 0.3) is 77.4 Å². The van der Waals surface area contributed by atoms with E-state index in [1.807, 2.05) is 0 Å². The Labute approximate surface area is 333 Å². The highest BCUT2D eigenvalue weighted by atomic mass is 14.7. The molecule has 0 atom stereocenters. The van der Waals surface area contributed by atoms with Gasteiger partial charge in [-0.25, -0.2) is 4.98 Å². The van der Waals surface area contributed by atoms with Crippen molar-refractivity contribution in [3.05, 3.63) is 247 Å². The van der Waals surface area contributed by atoms with Crippen LogP contribution >= 0.6 is 0 Å². The Kier molecular flexibility index (Phi) is 7.79. The smallest absolute Gasteiger partial charge is 0.0721 e. The summed E-state index contributed by atoms with van der Waals surface area (Å²) in [4.78, 5) is 5.24. The number of hydrogen-bond donors (Lipinski definition) is 0. The number of aromatic nitrogens is 1. The second kappa shape index (κ2) is 13.4. The molecule has 0 radical (unpaired) electrons. The second-order valence-corrected chi connectivity index (χ2v) is 15.1. The molecule has 0 aliphatic heterocycles. The molecule has 0 amide bonds. The van der Waals surface area contributed by atoms with Gasteiger partial charge in [-0.05, 0) is 102 Å². The number of benzene rings is 9. The molecule has 1 heterocycles. The van der Waals surface area contributed by atoms with Crippen LogP contribution in [0, 0.1) is 0 Å². The molecule has 10 aromatic rings. The third-order valence-corrected chi connectivity index (χ3v) is 11.9. The highest BCUT2D eigenvalue weighted by Gasteiger charge is 2.46. The number of hydrogen-bond acceptors (Lipinski definition) is 1. The summed E-state index contributed by atoms with van der Waals surface area (Å²) in [6, 6.07) is 81.8. The molecule has 1 aromatic heterocycles. The molecule has 11 rings (SSSR count). The molecule has 0 unspecified atom stereocenters. The van der Waals surface area contributed by atoms with Gasteiger partial charge in [0.25, 0.3) is 0 Å². The Morgan fingerprint density at radius 2 is 0.860 bits per heavy atom. The molecule has 1 aliphatic rings. The van der Waals surface area contributed by atoms with Crippen molar-refractivity contribution in [3.8, 4) is 55.8 Å². The predicted octanol–water partition coefficient (Wildman–Crippen LogP) is 14.4. The van der Waals surface area contributed by atoms with Gasteiger partial charge in [0.2, 0.25) is 0 Å². The quantitative estimate of drug-likeness (QED) is 0.166. The van der Waals surface area contributed by atoms with E-state index in [0.717, 1.165) is 27.7 Å². The Morgan fingerprint density at radius 3 is 1.58 bits per heavy atom. The van der Waals surface area contributed by atoms with E-state index in [-0.39, 0.29) is 0 Å². The van der Waals surface area contributed by atoms with Crippen molar-refractivity contribution in [2.75, 3.05) is 0 Å².